The largest absolute Gasteiger partial charge is 0.494 e. The lowest BCUT2D eigenvalue weighted by Gasteiger charge is -2.49. The number of ether oxygens (including phenoxy) is 7. The molecule has 3 fully saturated rings. The lowest BCUT2D eigenvalue weighted by atomic mass is 9.73. The molecule has 0 aliphatic carbocycles. The van der Waals surface area contributed by atoms with Crippen LogP contribution < -0.4 is 11.1 Å². The first-order valence-electron chi connectivity index (χ1n) is 18.7. The number of hydrogen-bond donors (Lipinski definition) is 2. The van der Waals surface area contributed by atoms with Crippen LogP contribution in [-0.4, -0.2) is 109 Å². The van der Waals surface area contributed by atoms with Gasteiger partial charge in [0.2, 0.25) is 0 Å². The minimum absolute atomic E-state index is 0.0994. The Kier molecular flexibility index (Phi) is 14.4. The van der Waals surface area contributed by atoms with Crippen LogP contribution in [0.4, 0.5) is 9.59 Å². The maximum atomic E-state index is 14.3. The van der Waals surface area contributed by atoms with E-state index in [1.165, 1.54) is 6.92 Å². The summed E-state index contributed by atoms with van der Waals surface area (Å²) < 4.78 is 43.5. The number of amides is 2. The minimum atomic E-state index is -1.67. The molecule has 0 saturated carbocycles. The molecule has 0 spiro atoms. The van der Waals surface area contributed by atoms with Crippen molar-refractivity contribution in [1.82, 2.24) is 10.2 Å². The van der Waals surface area contributed by atoms with Crippen molar-refractivity contribution in [2.24, 2.45) is 35.3 Å². The maximum absolute atomic E-state index is 14.3. The quantitative estimate of drug-likeness (QED) is 0.191. The lowest BCUT2D eigenvalue weighted by molar-refractivity contribution is -0.301. The van der Waals surface area contributed by atoms with Crippen LogP contribution in [0.2, 0.25) is 0 Å². The minimum Gasteiger partial charge on any atom is -0.494 e. The Morgan fingerprint density at radius 1 is 1.04 bits per heavy atom. The number of nitrogens with one attached hydrogen (secondary N) is 1. The average Bonchev–Trinajstić information content (AvgIpc) is 3.36. The average molecular weight is 754 g/mol. The highest BCUT2D eigenvalue weighted by Crippen LogP contribution is 2.42. The van der Waals surface area contributed by atoms with Gasteiger partial charge in [0.1, 0.15) is 29.7 Å². The van der Waals surface area contributed by atoms with Gasteiger partial charge in [-0.15, -0.1) is 0 Å². The summed E-state index contributed by atoms with van der Waals surface area (Å²) in [4.78, 5) is 68.5. The molecular formula is C38H63N3O12. The lowest BCUT2D eigenvalue weighted by Crippen LogP contribution is -2.61. The summed E-state index contributed by atoms with van der Waals surface area (Å²) in [5, 5.41) is 2.77. The summed E-state index contributed by atoms with van der Waals surface area (Å²) in [5.74, 6) is -4.73. The number of allylic oxidation sites excluding steroid dienone is 1. The molecule has 0 aromatic rings. The van der Waals surface area contributed by atoms with Gasteiger partial charge in [0.05, 0.1) is 29.9 Å². The molecule has 53 heavy (non-hydrogen) atoms. The Labute approximate surface area is 314 Å². The molecule has 3 heterocycles. The molecule has 15 nitrogen and oxygen atoms in total. The van der Waals surface area contributed by atoms with Gasteiger partial charge in [-0.3, -0.25) is 14.4 Å². The van der Waals surface area contributed by atoms with Crippen LogP contribution in [0.15, 0.2) is 12.3 Å². The fourth-order valence-electron chi connectivity index (χ4n) is 8.28. The second kappa shape index (κ2) is 17.4. The molecular weight excluding hydrogens is 690 g/mol. The van der Waals surface area contributed by atoms with Gasteiger partial charge in [-0.25, -0.2) is 9.59 Å². The molecule has 3 N–H and O–H groups in total. The van der Waals surface area contributed by atoms with E-state index in [1.54, 1.807) is 48.5 Å². The number of nitrogens with zero attached hydrogens (tertiary/aromatic N) is 1. The van der Waals surface area contributed by atoms with Crippen LogP contribution >= 0.6 is 0 Å². The van der Waals surface area contributed by atoms with Crippen molar-refractivity contribution in [1.29, 1.82) is 0 Å². The van der Waals surface area contributed by atoms with Crippen molar-refractivity contribution in [3.63, 3.8) is 0 Å². The monoisotopic (exact) mass is 753 g/mol. The Balaban J connectivity index is 2.31. The van der Waals surface area contributed by atoms with Crippen molar-refractivity contribution in [3.8, 4) is 0 Å². The van der Waals surface area contributed by atoms with Gasteiger partial charge in [0.15, 0.2) is 18.0 Å². The summed E-state index contributed by atoms with van der Waals surface area (Å²) >= 11 is 0. The molecule has 14 atom stereocenters. The van der Waals surface area contributed by atoms with E-state index in [0.717, 1.165) is 0 Å². The number of carbonyl (C=O) groups excluding carboxylic acids is 5. The molecule has 302 valence electrons. The topological polar surface area (TPSA) is 191 Å². The van der Waals surface area contributed by atoms with E-state index >= 15 is 0 Å². The summed E-state index contributed by atoms with van der Waals surface area (Å²) in [7, 11) is 3.71. The molecule has 0 aromatic heterocycles. The molecule has 0 radical (unpaired) electrons. The van der Waals surface area contributed by atoms with Crippen LogP contribution in [0.3, 0.4) is 0 Å². The Morgan fingerprint density at radius 3 is 2.19 bits per heavy atom. The van der Waals surface area contributed by atoms with Crippen molar-refractivity contribution in [2.75, 3.05) is 14.1 Å². The van der Waals surface area contributed by atoms with Crippen LogP contribution in [0, 0.1) is 29.6 Å². The predicted octanol–water partition coefficient (Wildman–Crippen LogP) is 4.48. The molecule has 0 unspecified atom stereocenters. The van der Waals surface area contributed by atoms with E-state index in [0.29, 0.717) is 12.2 Å². The zero-order valence-corrected chi connectivity index (χ0v) is 33.8. The number of rotatable bonds is 9. The first-order chi connectivity index (χ1) is 24.5. The highest BCUT2D eigenvalue weighted by atomic mass is 16.7. The van der Waals surface area contributed by atoms with Crippen molar-refractivity contribution < 1.29 is 57.1 Å². The number of primary amides is 1. The van der Waals surface area contributed by atoms with Crippen LogP contribution in [-0.2, 0) is 47.5 Å². The number of ketones is 1. The fourth-order valence-corrected chi connectivity index (χ4v) is 8.28. The van der Waals surface area contributed by atoms with Crippen LogP contribution in [0.5, 0.6) is 0 Å². The van der Waals surface area contributed by atoms with E-state index in [2.05, 4.69) is 11.9 Å². The first kappa shape index (κ1) is 44.0. The van der Waals surface area contributed by atoms with Gasteiger partial charge in [-0.1, -0.05) is 48.1 Å². The standard InChI is InChI=1S/C38H63N3O12/c1-15-27-38(12)31(40-36(46)53-38)21(6)28(43)19(4)17-37(11,52-35(39)45)32(22(7)29(23(8)33(44)50-27)48-24(9)18(2)3)51-34-30(49-25(10)42)26(41(13)14)16-20(5)47-34/h18-23,26-27,29-32,34H,9,15-17H2,1-8,10-14H3,(H2,39,45)(H,40,46)/t19-,20-,21+,22+,23-,26+,27-,29+,30-,31-,32-,34+,37-,38-/m1/s1. The SMILES string of the molecule is C=C(O[C@H]1[C@H](C)[C@@H](O[C@@H]2O[C@H](C)C[C@H](N(C)C)[C@H]2OC(C)=O)[C@](C)(OC(N)=O)C[C@@H](C)C(=O)[C@H](C)[C@H]2NC(=O)O[C@]2(C)[C@@H](CC)OC(=O)[C@@H]1C)C(C)C. The molecule has 0 aromatic carbocycles. The third-order valence-corrected chi connectivity index (χ3v) is 11.2. The highest BCUT2D eigenvalue weighted by Gasteiger charge is 2.58. The number of likely N-dealkylation sites (N-methyl/N-ethyl adjacent to an activating group) is 1. The fraction of sp³-hybridized carbons (Fsp3) is 0.816. The molecule has 3 aliphatic heterocycles. The predicted molar refractivity (Wildman–Crippen MR) is 193 cm³/mol. The second-order valence-electron chi connectivity index (χ2n) is 16.1. The molecule has 3 aliphatic rings. The molecule has 0 bridgehead atoms. The van der Waals surface area contributed by atoms with Crippen LogP contribution in [0.25, 0.3) is 0 Å². The van der Waals surface area contributed by atoms with Gasteiger partial charge in [-0.05, 0) is 61.1 Å². The number of cyclic esters (lactones) is 1. The van der Waals surface area contributed by atoms with Gasteiger partial charge in [0, 0.05) is 30.6 Å². The summed E-state index contributed by atoms with van der Waals surface area (Å²) in [6, 6.07) is -1.19. The van der Waals surface area contributed by atoms with Crippen LogP contribution in [0.1, 0.15) is 95.4 Å². The zero-order chi connectivity index (χ0) is 40.3. The van der Waals surface area contributed by atoms with Gasteiger partial charge in [0.25, 0.3) is 0 Å². The van der Waals surface area contributed by atoms with E-state index in [1.807, 2.05) is 39.8 Å². The maximum Gasteiger partial charge on any atom is 0.408 e. The summed E-state index contributed by atoms with van der Waals surface area (Å²) in [6.45, 7) is 22.9. The normalized spacial score (nSPS) is 39.9. The summed E-state index contributed by atoms with van der Waals surface area (Å²) in [6.07, 6.45) is -6.77. The van der Waals surface area contributed by atoms with E-state index in [-0.39, 0.29) is 36.7 Å². The van der Waals surface area contributed by atoms with Gasteiger partial charge in [-0.2, -0.15) is 0 Å². The van der Waals surface area contributed by atoms with Crippen molar-refractivity contribution >= 4 is 29.9 Å². The van der Waals surface area contributed by atoms with E-state index in [9.17, 15) is 24.0 Å². The highest BCUT2D eigenvalue weighted by molar-refractivity contribution is 5.85. The Bertz CT molecular complexity index is 1370. The number of fused-ring (bicyclic) bond motifs is 1. The number of Topliss-reactive ketones (excluding diaryl/α,β-unsaturated/α-hetero) is 1. The number of nitrogens with two attached hydrogens (primary N) is 1. The smallest absolute Gasteiger partial charge is 0.408 e. The van der Waals surface area contributed by atoms with Gasteiger partial charge < -0.3 is 49.1 Å². The number of esters is 2. The molecule has 15 heteroatoms. The van der Waals surface area contributed by atoms with E-state index in [4.69, 9.17) is 38.9 Å². The molecule has 2 amide bonds. The Morgan fingerprint density at radius 2 is 1.66 bits per heavy atom. The van der Waals surface area contributed by atoms with Gasteiger partial charge >= 0.3 is 24.1 Å². The first-order valence-corrected chi connectivity index (χ1v) is 18.7. The van der Waals surface area contributed by atoms with Crippen molar-refractivity contribution in [2.45, 2.75) is 156 Å². The summed E-state index contributed by atoms with van der Waals surface area (Å²) in [5.41, 5.74) is 2.67. The molecule has 3 saturated heterocycles. The number of hydrogen-bond acceptors (Lipinski definition) is 13. The number of carbonyl (C=O) groups is 5. The van der Waals surface area contributed by atoms with Crippen molar-refractivity contribution in [3.05, 3.63) is 12.3 Å². The number of alkyl carbamates (subject to hydrolysis) is 1. The second-order valence-corrected chi connectivity index (χ2v) is 16.1. The van der Waals surface area contributed by atoms with E-state index < -0.39 is 95.7 Å². The zero-order valence-electron chi connectivity index (χ0n) is 33.8. The Hall–Kier alpha value is -3.43. The third kappa shape index (κ3) is 9.82. The third-order valence-electron chi connectivity index (χ3n) is 11.2. The molecule has 3 rings (SSSR count).